The Balaban J connectivity index is 2.31. The first kappa shape index (κ1) is 19.0. The van der Waals surface area contributed by atoms with Crippen molar-refractivity contribution < 1.29 is 23.8 Å². The molecule has 8 heteroatoms. The van der Waals surface area contributed by atoms with Gasteiger partial charge in [0.25, 0.3) is 0 Å². The largest absolute Gasteiger partial charge is 0.462 e. The normalized spacial score (nSPS) is 12.0. The molecule has 5 nitrogen and oxygen atoms in total. The van der Waals surface area contributed by atoms with E-state index in [2.05, 4.69) is 0 Å². The van der Waals surface area contributed by atoms with Gasteiger partial charge < -0.3 is 14.2 Å². The summed E-state index contributed by atoms with van der Waals surface area (Å²) in [4.78, 5) is 24.9. The number of benzene rings is 1. The van der Waals surface area contributed by atoms with Crippen LogP contribution in [0, 0.1) is 0 Å². The van der Waals surface area contributed by atoms with Crippen molar-refractivity contribution in [2.24, 2.45) is 0 Å². The number of carbonyl (C=O) groups is 2. The fourth-order valence-corrected chi connectivity index (χ4v) is 3.85. The summed E-state index contributed by atoms with van der Waals surface area (Å²) in [5.74, 6) is 0.135. The van der Waals surface area contributed by atoms with Gasteiger partial charge in [-0.15, -0.1) is 23.5 Å². The molecular formula is C16H17ClO5S2. The zero-order valence-corrected chi connectivity index (χ0v) is 15.9. The van der Waals surface area contributed by atoms with E-state index in [0.29, 0.717) is 26.3 Å². The van der Waals surface area contributed by atoms with Gasteiger partial charge in [-0.2, -0.15) is 0 Å². The summed E-state index contributed by atoms with van der Waals surface area (Å²) in [6.45, 7) is 2.03. The maximum absolute atomic E-state index is 12.7. The minimum Gasteiger partial charge on any atom is -0.462 e. The van der Waals surface area contributed by atoms with Gasteiger partial charge in [0.2, 0.25) is 6.79 Å². The molecule has 0 saturated carbocycles. The number of ketones is 1. The van der Waals surface area contributed by atoms with Crippen molar-refractivity contribution >= 4 is 46.9 Å². The van der Waals surface area contributed by atoms with Crippen molar-refractivity contribution in [3.63, 3.8) is 0 Å². The van der Waals surface area contributed by atoms with Gasteiger partial charge in [0.05, 0.1) is 10.8 Å². The van der Waals surface area contributed by atoms with Crippen molar-refractivity contribution in [2.45, 2.75) is 13.3 Å². The van der Waals surface area contributed by atoms with Crippen LogP contribution in [0.5, 0.6) is 11.5 Å². The fourth-order valence-electron chi connectivity index (χ4n) is 2.16. The average molecular weight is 389 g/mol. The first-order valence-corrected chi connectivity index (χ1v) is 9.95. The van der Waals surface area contributed by atoms with Crippen LogP contribution in [0.2, 0.25) is 5.02 Å². The van der Waals surface area contributed by atoms with Crippen LogP contribution in [0.1, 0.15) is 12.5 Å². The highest BCUT2D eigenvalue weighted by molar-refractivity contribution is 8.21. The lowest BCUT2D eigenvalue weighted by molar-refractivity contribution is -0.139. The highest BCUT2D eigenvalue weighted by atomic mass is 35.5. The van der Waals surface area contributed by atoms with Crippen molar-refractivity contribution in [3.05, 3.63) is 32.5 Å². The van der Waals surface area contributed by atoms with Gasteiger partial charge in [0.1, 0.15) is 5.57 Å². The number of rotatable bonds is 7. The summed E-state index contributed by atoms with van der Waals surface area (Å²) in [7, 11) is 0. The predicted molar refractivity (Wildman–Crippen MR) is 97.0 cm³/mol. The summed E-state index contributed by atoms with van der Waals surface area (Å²) >= 11 is 8.89. The third-order valence-electron chi connectivity index (χ3n) is 3.23. The van der Waals surface area contributed by atoms with E-state index in [0.717, 1.165) is 0 Å². The van der Waals surface area contributed by atoms with E-state index < -0.39 is 5.97 Å². The van der Waals surface area contributed by atoms with Crippen LogP contribution >= 0.6 is 35.1 Å². The summed E-state index contributed by atoms with van der Waals surface area (Å²) in [6.07, 6.45) is 3.60. The second-order valence-electron chi connectivity index (χ2n) is 4.69. The van der Waals surface area contributed by atoms with Gasteiger partial charge >= 0.3 is 5.97 Å². The topological polar surface area (TPSA) is 61.8 Å². The Morgan fingerprint density at radius 3 is 2.42 bits per heavy atom. The second kappa shape index (κ2) is 8.69. The lowest BCUT2D eigenvalue weighted by Gasteiger charge is -2.11. The van der Waals surface area contributed by atoms with Gasteiger partial charge in [-0.05, 0) is 31.1 Å². The van der Waals surface area contributed by atoms with Gasteiger partial charge in [-0.25, -0.2) is 4.79 Å². The number of esters is 1. The van der Waals surface area contributed by atoms with E-state index in [1.807, 2.05) is 12.5 Å². The molecule has 24 heavy (non-hydrogen) atoms. The van der Waals surface area contributed by atoms with Gasteiger partial charge in [0, 0.05) is 17.5 Å². The van der Waals surface area contributed by atoms with Gasteiger partial charge in [-0.1, -0.05) is 11.6 Å². The predicted octanol–water partition coefficient (Wildman–Crippen LogP) is 3.68. The van der Waals surface area contributed by atoms with Crippen LogP contribution in [-0.2, 0) is 20.7 Å². The van der Waals surface area contributed by atoms with Gasteiger partial charge in [0.15, 0.2) is 17.3 Å². The Bertz CT molecular complexity index is 681. The van der Waals surface area contributed by atoms with E-state index in [1.54, 1.807) is 19.1 Å². The standard InChI is InChI=1S/C16H17ClO5S2/c1-4-20-15(19)14(16(23-2)24-3)11(18)5-9-6-12-13(7-10(9)17)22-8-21-12/h6-7H,4-5,8H2,1-3H3. The number of Topliss-reactive ketones (excluding diaryl/α,β-unsaturated/α-hetero) is 1. The Morgan fingerprint density at radius 1 is 1.21 bits per heavy atom. The van der Waals surface area contributed by atoms with E-state index >= 15 is 0 Å². The maximum Gasteiger partial charge on any atom is 0.343 e. The molecule has 1 heterocycles. The zero-order valence-electron chi connectivity index (χ0n) is 13.5. The molecule has 0 bridgehead atoms. The molecule has 0 saturated heterocycles. The Kier molecular flexibility index (Phi) is 6.89. The van der Waals surface area contributed by atoms with Crippen LogP contribution in [0.4, 0.5) is 0 Å². The first-order chi connectivity index (χ1) is 11.5. The third kappa shape index (κ3) is 4.20. The fraction of sp³-hybridized carbons (Fsp3) is 0.375. The molecule has 0 N–H and O–H groups in total. The molecule has 0 aliphatic carbocycles. The molecule has 0 fully saturated rings. The van der Waals surface area contributed by atoms with E-state index in [4.69, 9.17) is 25.8 Å². The summed E-state index contributed by atoms with van der Waals surface area (Å²) in [6, 6.07) is 3.29. The average Bonchev–Trinajstić information content (AvgIpc) is 2.99. The minimum atomic E-state index is -0.613. The van der Waals surface area contributed by atoms with Crippen LogP contribution in [0.15, 0.2) is 21.9 Å². The molecule has 0 radical (unpaired) electrons. The highest BCUT2D eigenvalue weighted by Gasteiger charge is 2.26. The van der Waals surface area contributed by atoms with Crippen LogP contribution < -0.4 is 9.47 Å². The third-order valence-corrected chi connectivity index (χ3v) is 5.73. The van der Waals surface area contributed by atoms with E-state index in [1.165, 1.54) is 23.5 Å². The van der Waals surface area contributed by atoms with Crippen molar-refractivity contribution in [1.82, 2.24) is 0 Å². The SMILES string of the molecule is CCOC(=O)C(C(=O)Cc1cc2c(cc1Cl)OCO2)=C(SC)SC. The quantitative estimate of drug-likeness (QED) is 0.305. The number of hydrogen-bond donors (Lipinski definition) is 0. The van der Waals surface area contributed by atoms with Gasteiger partial charge in [-0.3, -0.25) is 4.79 Å². The summed E-state index contributed by atoms with van der Waals surface area (Å²) < 4.78 is 16.2. The second-order valence-corrected chi connectivity index (χ2v) is 6.99. The number of carbonyl (C=O) groups excluding carboxylic acids is 2. The molecule has 1 aliphatic heterocycles. The number of hydrogen-bond acceptors (Lipinski definition) is 7. The molecule has 0 spiro atoms. The van der Waals surface area contributed by atoms with Crippen LogP contribution in [0.25, 0.3) is 0 Å². The molecule has 1 aromatic rings. The number of halogens is 1. The smallest absolute Gasteiger partial charge is 0.343 e. The number of thioether (sulfide) groups is 2. The Morgan fingerprint density at radius 2 is 1.83 bits per heavy atom. The molecule has 2 rings (SSSR count). The molecule has 130 valence electrons. The molecule has 1 aromatic carbocycles. The van der Waals surface area contributed by atoms with Crippen LogP contribution in [0.3, 0.4) is 0 Å². The maximum atomic E-state index is 12.7. The summed E-state index contributed by atoms with van der Waals surface area (Å²) in [5.41, 5.74) is 0.639. The monoisotopic (exact) mass is 388 g/mol. The van der Waals surface area contributed by atoms with E-state index in [9.17, 15) is 9.59 Å². The van der Waals surface area contributed by atoms with Crippen LogP contribution in [-0.4, -0.2) is 37.7 Å². The lowest BCUT2D eigenvalue weighted by Crippen LogP contribution is -2.19. The molecular weight excluding hydrogens is 372 g/mol. The molecule has 0 unspecified atom stereocenters. The van der Waals surface area contributed by atoms with E-state index in [-0.39, 0.29) is 31.2 Å². The highest BCUT2D eigenvalue weighted by Crippen LogP contribution is 2.37. The van der Waals surface area contributed by atoms with Crippen molar-refractivity contribution in [1.29, 1.82) is 0 Å². The zero-order chi connectivity index (χ0) is 17.7. The minimum absolute atomic E-state index is 0.0196. The number of fused-ring (bicyclic) bond motifs is 1. The van der Waals surface area contributed by atoms with Crippen molar-refractivity contribution in [3.8, 4) is 11.5 Å². The molecule has 0 atom stereocenters. The Labute approximate surface area is 154 Å². The first-order valence-electron chi connectivity index (χ1n) is 7.12. The molecule has 0 amide bonds. The number of ether oxygens (including phenoxy) is 3. The molecule has 1 aliphatic rings. The molecule has 0 aromatic heterocycles. The lowest BCUT2D eigenvalue weighted by atomic mass is 10.0. The summed E-state index contributed by atoms with van der Waals surface area (Å²) in [5, 5.41) is 0.394. The Hall–Kier alpha value is -1.31. The van der Waals surface area contributed by atoms with Crippen molar-refractivity contribution in [2.75, 3.05) is 25.9 Å².